The van der Waals surface area contributed by atoms with Crippen LogP contribution < -0.4 is 10.6 Å². The summed E-state index contributed by atoms with van der Waals surface area (Å²) in [5.74, 6) is 0.866. The summed E-state index contributed by atoms with van der Waals surface area (Å²) in [7, 11) is 3.88. The number of guanidine groups is 1. The summed E-state index contributed by atoms with van der Waals surface area (Å²) in [6.07, 6.45) is 1.06. The normalized spacial score (nSPS) is 11.9. The molecule has 2 aromatic rings. The monoisotopic (exact) mass is 356 g/mol. The standard InChI is InChI=1S/C21H32N4O/c1-4-22-21(23-13-15-25(2)14-8-16-26-3)24-17-19-11-7-10-18-9-5-6-12-20(18)19/h5-7,9-12H,4,8,13-17H2,1-3H3,(H2,22,23,24). The molecular formula is C21H32N4O. The highest BCUT2D eigenvalue weighted by Crippen LogP contribution is 2.18. The van der Waals surface area contributed by atoms with Crippen LogP contribution in [0, 0.1) is 0 Å². The van der Waals surface area contributed by atoms with Gasteiger partial charge in [0.1, 0.15) is 0 Å². The van der Waals surface area contributed by atoms with Crippen molar-refractivity contribution < 1.29 is 4.74 Å². The van der Waals surface area contributed by atoms with Gasteiger partial charge in [0.25, 0.3) is 0 Å². The molecule has 0 aromatic heterocycles. The third kappa shape index (κ3) is 6.65. The Balaban J connectivity index is 1.89. The van der Waals surface area contributed by atoms with Crippen molar-refractivity contribution in [2.75, 3.05) is 46.9 Å². The van der Waals surface area contributed by atoms with Gasteiger partial charge in [0.2, 0.25) is 0 Å². The number of hydrogen-bond acceptors (Lipinski definition) is 3. The second-order valence-electron chi connectivity index (χ2n) is 6.41. The molecule has 0 bridgehead atoms. The predicted molar refractivity (Wildman–Crippen MR) is 111 cm³/mol. The summed E-state index contributed by atoms with van der Waals surface area (Å²) in [6.45, 7) is 7.30. The van der Waals surface area contributed by atoms with E-state index in [1.807, 2.05) is 0 Å². The van der Waals surface area contributed by atoms with E-state index in [9.17, 15) is 0 Å². The van der Waals surface area contributed by atoms with Gasteiger partial charge in [0.05, 0.1) is 6.54 Å². The molecule has 0 atom stereocenters. The van der Waals surface area contributed by atoms with E-state index in [1.54, 1.807) is 7.11 Å². The Hall–Kier alpha value is -2.11. The Kier molecular flexibility index (Phi) is 8.93. The average molecular weight is 357 g/mol. The zero-order valence-electron chi connectivity index (χ0n) is 16.3. The number of hydrogen-bond donors (Lipinski definition) is 2. The smallest absolute Gasteiger partial charge is 0.191 e. The maximum absolute atomic E-state index is 5.10. The molecule has 5 nitrogen and oxygen atoms in total. The van der Waals surface area contributed by atoms with Gasteiger partial charge < -0.3 is 20.3 Å². The van der Waals surface area contributed by atoms with Crippen molar-refractivity contribution in [3.8, 4) is 0 Å². The van der Waals surface area contributed by atoms with E-state index < -0.39 is 0 Å². The number of aliphatic imine (C=N–C) groups is 1. The highest BCUT2D eigenvalue weighted by Gasteiger charge is 2.02. The van der Waals surface area contributed by atoms with Gasteiger partial charge in [-0.25, -0.2) is 4.99 Å². The maximum atomic E-state index is 5.10. The van der Waals surface area contributed by atoms with Crippen LogP contribution in [0.5, 0.6) is 0 Å². The van der Waals surface area contributed by atoms with Crippen molar-refractivity contribution in [1.29, 1.82) is 0 Å². The molecule has 2 aromatic carbocycles. The fourth-order valence-electron chi connectivity index (χ4n) is 2.89. The molecule has 0 saturated carbocycles. The van der Waals surface area contributed by atoms with Gasteiger partial charge in [-0.1, -0.05) is 42.5 Å². The molecule has 0 fully saturated rings. The number of rotatable bonds is 10. The van der Waals surface area contributed by atoms with Gasteiger partial charge >= 0.3 is 0 Å². The largest absolute Gasteiger partial charge is 0.385 e. The summed E-state index contributed by atoms with van der Waals surface area (Å²) < 4.78 is 5.10. The molecule has 0 aliphatic carbocycles. The summed E-state index contributed by atoms with van der Waals surface area (Å²) in [5.41, 5.74) is 1.25. The van der Waals surface area contributed by atoms with Crippen molar-refractivity contribution in [2.45, 2.75) is 19.9 Å². The van der Waals surface area contributed by atoms with Crippen LogP contribution in [0.4, 0.5) is 0 Å². The van der Waals surface area contributed by atoms with Crippen molar-refractivity contribution in [2.24, 2.45) is 4.99 Å². The number of methoxy groups -OCH3 is 1. The highest BCUT2D eigenvalue weighted by molar-refractivity contribution is 5.86. The van der Waals surface area contributed by atoms with Gasteiger partial charge in [0, 0.05) is 39.9 Å². The summed E-state index contributed by atoms with van der Waals surface area (Å²) in [6, 6.07) is 14.9. The van der Waals surface area contributed by atoms with Crippen LogP contribution in [0.15, 0.2) is 47.5 Å². The SMILES string of the molecule is CCNC(=NCc1cccc2ccccc12)NCCN(C)CCCOC. The molecule has 0 heterocycles. The van der Waals surface area contributed by atoms with Gasteiger partial charge in [-0.3, -0.25) is 0 Å². The molecule has 0 unspecified atom stereocenters. The van der Waals surface area contributed by atoms with Crippen LogP contribution in [0.1, 0.15) is 18.9 Å². The third-order valence-electron chi connectivity index (χ3n) is 4.31. The predicted octanol–water partition coefficient (Wildman–Crippen LogP) is 2.86. The van der Waals surface area contributed by atoms with Crippen molar-refractivity contribution in [3.05, 3.63) is 48.0 Å². The zero-order valence-corrected chi connectivity index (χ0v) is 16.3. The Morgan fingerprint density at radius 1 is 1.08 bits per heavy atom. The van der Waals surface area contributed by atoms with E-state index in [2.05, 4.69) is 72.0 Å². The molecule has 0 amide bonds. The van der Waals surface area contributed by atoms with E-state index in [4.69, 9.17) is 9.73 Å². The van der Waals surface area contributed by atoms with Crippen LogP contribution in [-0.2, 0) is 11.3 Å². The molecule has 0 saturated heterocycles. The minimum atomic E-state index is 0.667. The molecule has 2 N–H and O–H groups in total. The maximum Gasteiger partial charge on any atom is 0.191 e. The quantitative estimate of drug-likeness (QED) is 0.390. The Morgan fingerprint density at radius 2 is 1.88 bits per heavy atom. The minimum Gasteiger partial charge on any atom is -0.385 e. The molecule has 0 aliphatic heterocycles. The second kappa shape index (κ2) is 11.5. The van der Waals surface area contributed by atoms with Crippen LogP contribution in [-0.4, -0.2) is 57.8 Å². The molecule has 2 rings (SSSR count). The average Bonchev–Trinajstić information content (AvgIpc) is 2.66. The zero-order chi connectivity index (χ0) is 18.6. The second-order valence-corrected chi connectivity index (χ2v) is 6.41. The van der Waals surface area contributed by atoms with Crippen molar-refractivity contribution >= 4 is 16.7 Å². The molecule has 0 spiro atoms. The summed E-state index contributed by atoms with van der Waals surface area (Å²) in [4.78, 5) is 7.07. The lowest BCUT2D eigenvalue weighted by Gasteiger charge is -2.18. The van der Waals surface area contributed by atoms with E-state index >= 15 is 0 Å². The van der Waals surface area contributed by atoms with Crippen LogP contribution >= 0.6 is 0 Å². The van der Waals surface area contributed by atoms with E-state index in [0.717, 1.165) is 45.2 Å². The molecule has 26 heavy (non-hydrogen) atoms. The first-order chi connectivity index (χ1) is 12.7. The summed E-state index contributed by atoms with van der Waals surface area (Å²) in [5, 5.41) is 9.28. The molecule has 0 radical (unpaired) electrons. The van der Waals surface area contributed by atoms with E-state index in [1.165, 1.54) is 16.3 Å². The first-order valence-corrected chi connectivity index (χ1v) is 9.41. The Labute approximate surface area is 157 Å². The minimum absolute atomic E-state index is 0.667. The van der Waals surface area contributed by atoms with Crippen LogP contribution in [0.25, 0.3) is 10.8 Å². The lowest BCUT2D eigenvalue weighted by molar-refractivity contribution is 0.180. The highest BCUT2D eigenvalue weighted by atomic mass is 16.5. The van der Waals surface area contributed by atoms with Gasteiger partial charge in [-0.15, -0.1) is 0 Å². The van der Waals surface area contributed by atoms with Gasteiger partial charge in [-0.05, 0) is 36.7 Å². The lowest BCUT2D eigenvalue weighted by Crippen LogP contribution is -2.41. The first kappa shape index (κ1) is 20.2. The molecule has 0 aliphatic rings. The van der Waals surface area contributed by atoms with E-state index in [-0.39, 0.29) is 0 Å². The number of ether oxygens (including phenoxy) is 1. The van der Waals surface area contributed by atoms with Crippen molar-refractivity contribution in [3.63, 3.8) is 0 Å². The number of fused-ring (bicyclic) bond motifs is 1. The summed E-state index contributed by atoms with van der Waals surface area (Å²) >= 11 is 0. The topological polar surface area (TPSA) is 48.9 Å². The first-order valence-electron chi connectivity index (χ1n) is 9.41. The van der Waals surface area contributed by atoms with Crippen LogP contribution in [0.2, 0.25) is 0 Å². The third-order valence-corrected chi connectivity index (χ3v) is 4.31. The number of nitrogens with zero attached hydrogens (tertiary/aromatic N) is 2. The fraction of sp³-hybridized carbons (Fsp3) is 0.476. The van der Waals surface area contributed by atoms with Crippen molar-refractivity contribution in [1.82, 2.24) is 15.5 Å². The number of nitrogens with one attached hydrogen (secondary N) is 2. The van der Waals surface area contributed by atoms with Gasteiger partial charge in [0.15, 0.2) is 5.96 Å². The number of likely N-dealkylation sites (N-methyl/N-ethyl adjacent to an activating group) is 1. The van der Waals surface area contributed by atoms with E-state index in [0.29, 0.717) is 6.54 Å². The molecule has 142 valence electrons. The van der Waals surface area contributed by atoms with Gasteiger partial charge in [-0.2, -0.15) is 0 Å². The molecule has 5 heteroatoms. The molecular weight excluding hydrogens is 324 g/mol. The fourth-order valence-corrected chi connectivity index (χ4v) is 2.89. The number of benzene rings is 2. The van der Waals surface area contributed by atoms with Crippen LogP contribution in [0.3, 0.4) is 0 Å². The Bertz CT molecular complexity index is 681. The lowest BCUT2D eigenvalue weighted by atomic mass is 10.1. The Morgan fingerprint density at radius 3 is 2.69 bits per heavy atom.